The first-order valence-corrected chi connectivity index (χ1v) is 8.15. The molecule has 0 unspecified atom stereocenters. The van der Waals surface area contributed by atoms with Gasteiger partial charge in [-0.1, -0.05) is 17.7 Å². The Morgan fingerprint density at radius 2 is 1.95 bits per heavy atom. The van der Waals surface area contributed by atoms with Crippen molar-refractivity contribution in [3.63, 3.8) is 0 Å². The first kappa shape index (κ1) is 15.0. The summed E-state index contributed by atoms with van der Waals surface area (Å²) in [5, 5.41) is 0.719. The van der Waals surface area contributed by atoms with E-state index in [4.69, 9.17) is 16.3 Å². The molecule has 1 N–H and O–H groups in total. The lowest BCUT2D eigenvalue weighted by molar-refractivity contribution is -0.908. The minimum absolute atomic E-state index is 0.00222. The molecule has 0 radical (unpaired) electrons. The van der Waals surface area contributed by atoms with Gasteiger partial charge in [-0.25, -0.2) is 0 Å². The van der Waals surface area contributed by atoms with Crippen LogP contribution in [0.2, 0.25) is 0 Å². The van der Waals surface area contributed by atoms with Gasteiger partial charge in [0.15, 0.2) is 0 Å². The summed E-state index contributed by atoms with van der Waals surface area (Å²) >= 11 is 6.01. The van der Waals surface area contributed by atoms with Gasteiger partial charge in [0.25, 0.3) is 0 Å². The lowest BCUT2D eigenvalue weighted by Crippen LogP contribution is -3.14. The molecule has 0 bridgehead atoms. The summed E-state index contributed by atoms with van der Waals surface area (Å²) in [4.78, 5) is 27.7. The van der Waals surface area contributed by atoms with Gasteiger partial charge in [-0.05, 0) is 12.8 Å². The number of likely N-dealkylation sites (tertiary alicyclic amines) is 1. The molecule has 5 nitrogen and oxygen atoms in total. The summed E-state index contributed by atoms with van der Waals surface area (Å²) < 4.78 is 5.33. The summed E-state index contributed by atoms with van der Waals surface area (Å²) in [6.07, 6.45) is 3.89. The van der Waals surface area contributed by atoms with E-state index < -0.39 is 0 Å². The van der Waals surface area contributed by atoms with Gasteiger partial charge >= 0.3 is 0 Å². The molecule has 6 heteroatoms. The van der Waals surface area contributed by atoms with Crippen LogP contribution in [0.5, 0.6) is 0 Å². The maximum absolute atomic E-state index is 12.4. The minimum atomic E-state index is -0.217. The van der Waals surface area contributed by atoms with Gasteiger partial charge in [-0.15, -0.1) is 0 Å². The third kappa shape index (κ3) is 3.15. The highest BCUT2D eigenvalue weighted by molar-refractivity contribution is 6.30. The number of quaternary nitrogens is 1. The molecule has 0 aromatic heterocycles. The minimum Gasteiger partial charge on any atom is -0.370 e. The zero-order valence-corrected chi connectivity index (χ0v) is 12.9. The van der Waals surface area contributed by atoms with Crippen LogP contribution in [0.15, 0.2) is 11.1 Å². The monoisotopic (exact) mass is 313 g/mol. The van der Waals surface area contributed by atoms with Crippen molar-refractivity contribution < 1.29 is 19.2 Å². The molecule has 2 atom stereocenters. The molecule has 3 rings (SSSR count). The second-order valence-corrected chi connectivity index (χ2v) is 6.58. The lowest BCUT2D eigenvalue weighted by atomic mass is 9.85. The number of morpholine rings is 1. The van der Waals surface area contributed by atoms with E-state index >= 15 is 0 Å². The fourth-order valence-electron chi connectivity index (χ4n) is 3.51. The van der Waals surface area contributed by atoms with Gasteiger partial charge < -0.3 is 9.64 Å². The van der Waals surface area contributed by atoms with Crippen LogP contribution in [0.4, 0.5) is 0 Å². The average molecular weight is 314 g/mol. The Morgan fingerprint density at radius 1 is 1.24 bits per heavy atom. The molecule has 2 amide bonds. The number of nitrogens with one attached hydrogen (secondary N) is 1. The van der Waals surface area contributed by atoms with Crippen LogP contribution in [0.1, 0.15) is 19.3 Å². The Balaban J connectivity index is 1.52. The van der Waals surface area contributed by atoms with Gasteiger partial charge in [0.1, 0.15) is 13.1 Å². The molecule has 0 aromatic rings. The summed E-state index contributed by atoms with van der Waals surface area (Å²) in [7, 11) is 0. The molecule has 2 aliphatic heterocycles. The average Bonchev–Trinajstić information content (AvgIpc) is 2.73. The molecule has 116 valence electrons. The lowest BCUT2D eigenvalue weighted by Gasteiger charge is -2.24. The zero-order chi connectivity index (χ0) is 14.8. The number of hydrogen-bond acceptors (Lipinski definition) is 3. The number of rotatable bonds is 4. The topological polar surface area (TPSA) is 51.0 Å². The summed E-state index contributed by atoms with van der Waals surface area (Å²) in [6.45, 7) is 5.21. The SMILES string of the molecule is O=C1[C@H]2CC(Cl)=CC[C@H]2C(=O)N1CCC[NH+]1CCOCC1. The molecule has 0 spiro atoms. The Morgan fingerprint density at radius 3 is 2.71 bits per heavy atom. The smallest absolute Gasteiger partial charge is 0.233 e. The number of fused-ring (bicyclic) bond motifs is 1. The van der Waals surface area contributed by atoms with E-state index in [2.05, 4.69) is 0 Å². The first-order valence-electron chi connectivity index (χ1n) is 7.78. The van der Waals surface area contributed by atoms with Crippen molar-refractivity contribution in [3.05, 3.63) is 11.1 Å². The third-order valence-corrected chi connectivity index (χ3v) is 5.08. The molecule has 3 aliphatic rings. The van der Waals surface area contributed by atoms with Crippen molar-refractivity contribution in [2.45, 2.75) is 19.3 Å². The van der Waals surface area contributed by atoms with Gasteiger partial charge in [0, 0.05) is 18.0 Å². The predicted octanol–water partition coefficient (Wildman–Crippen LogP) is -0.191. The van der Waals surface area contributed by atoms with Crippen molar-refractivity contribution in [1.82, 2.24) is 4.90 Å². The molecule has 2 saturated heterocycles. The molecule has 2 fully saturated rings. The van der Waals surface area contributed by atoms with E-state index in [1.807, 2.05) is 6.08 Å². The Labute approximate surface area is 129 Å². The number of hydrogen-bond donors (Lipinski definition) is 1. The van der Waals surface area contributed by atoms with E-state index in [-0.39, 0.29) is 23.7 Å². The second-order valence-electron chi connectivity index (χ2n) is 6.10. The Hall–Kier alpha value is -0.910. The van der Waals surface area contributed by atoms with E-state index in [1.54, 1.807) is 0 Å². The number of carbonyl (C=O) groups is 2. The maximum atomic E-state index is 12.4. The second kappa shape index (κ2) is 6.46. The van der Waals surface area contributed by atoms with Crippen molar-refractivity contribution in [2.75, 3.05) is 39.4 Å². The van der Waals surface area contributed by atoms with E-state index in [0.717, 1.165) is 44.3 Å². The van der Waals surface area contributed by atoms with Crippen molar-refractivity contribution in [3.8, 4) is 0 Å². The molecule has 2 heterocycles. The number of ether oxygens (including phenoxy) is 1. The molecule has 0 aromatic carbocycles. The van der Waals surface area contributed by atoms with Crippen molar-refractivity contribution in [1.29, 1.82) is 0 Å². The van der Waals surface area contributed by atoms with Gasteiger partial charge in [0.05, 0.1) is 31.6 Å². The van der Waals surface area contributed by atoms with Crippen LogP contribution in [-0.4, -0.2) is 56.1 Å². The highest BCUT2D eigenvalue weighted by Gasteiger charge is 2.47. The molecule has 21 heavy (non-hydrogen) atoms. The van der Waals surface area contributed by atoms with Crippen LogP contribution in [0, 0.1) is 11.8 Å². The number of carbonyl (C=O) groups excluding carboxylic acids is 2. The fourth-order valence-corrected chi connectivity index (χ4v) is 3.77. The van der Waals surface area contributed by atoms with Crippen molar-refractivity contribution >= 4 is 23.4 Å². The van der Waals surface area contributed by atoms with E-state index in [9.17, 15) is 9.59 Å². The normalized spacial score (nSPS) is 30.5. The van der Waals surface area contributed by atoms with Crippen LogP contribution >= 0.6 is 11.6 Å². The molecule has 0 saturated carbocycles. The number of allylic oxidation sites excluding steroid dienone is 2. The number of nitrogens with zero attached hydrogens (tertiary/aromatic N) is 1. The third-order valence-electron chi connectivity index (χ3n) is 4.77. The predicted molar refractivity (Wildman–Crippen MR) is 77.9 cm³/mol. The fraction of sp³-hybridized carbons (Fsp3) is 0.733. The Kier molecular flexibility index (Phi) is 4.62. The number of halogens is 1. The zero-order valence-electron chi connectivity index (χ0n) is 12.1. The van der Waals surface area contributed by atoms with Crippen LogP contribution < -0.4 is 4.90 Å². The summed E-state index contributed by atoms with van der Waals surface area (Å²) in [5.41, 5.74) is 0. The highest BCUT2D eigenvalue weighted by Crippen LogP contribution is 2.38. The van der Waals surface area contributed by atoms with Crippen LogP contribution in [-0.2, 0) is 14.3 Å². The molecular formula is C15H22ClN2O3+. The van der Waals surface area contributed by atoms with Crippen LogP contribution in [0.3, 0.4) is 0 Å². The van der Waals surface area contributed by atoms with Crippen molar-refractivity contribution in [2.24, 2.45) is 11.8 Å². The quantitative estimate of drug-likeness (QED) is 0.732. The molecular weight excluding hydrogens is 292 g/mol. The largest absolute Gasteiger partial charge is 0.370 e. The summed E-state index contributed by atoms with van der Waals surface area (Å²) in [6, 6.07) is 0. The molecule has 1 aliphatic carbocycles. The standard InChI is InChI=1S/C15H21ClN2O3/c16-11-2-3-12-13(10-11)15(20)18(14(12)19)5-1-4-17-6-8-21-9-7-17/h2,12-13H,1,3-10H2/p+1/t12-,13+/m1/s1. The van der Waals surface area contributed by atoms with Crippen LogP contribution in [0.25, 0.3) is 0 Å². The van der Waals surface area contributed by atoms with E-state index in [0.29, 0.717) is 19.4 Å². The first-order chi connectivity index (χ1) is 10.2. The summed E-state index contributed by atoms with van der Waals surface area (Å²) in [5.74, 6) is -0.405. The Bertz CT molecular complexity index is 460. The van der Waals surface area contributed by atoms with Gasteiger partial charge in [-0.2, -0.15) is 0 Å². The maximum Gasteiger partial charge on any atom is 0.233 e. The van der Waals surface area contributed by atoms with E-state index in [1.165, 1.54) is 9.80 Å². The highest BCUT2D eigenvalue weighted by atomic mass is 35.5. The van der Waals surface area contributed by atoms with Gasteiger partial charge in [0.2, 0.25) is 11.8 Å². The van der Waals surface area contributed by atoms with Gasteiger partial charge in [-0.3, -0.25) is 14.5 Å². The number of amides is 2. The number of imide groups is 1.